The summed E-state index contributed by atoms with van der Waals surface area (Å²) in [5.41, 5.74) is 5.70. The molecule has 0 radical (unpaired) electrons. The highest BCUT2D eigenvalue weighted by Crippen LogP contribution is 2.01. The molecule has 1 atom stereocenters. The lowest BCUT2D eigenvalue weighted by atomic mass is 10.1. The molecule has 2 nitrogen and oxygen atoms in total. The van der Waals surface area contributed by atoms with Gasteiger partial charge in [-0.1, -0.05) is 39.5 Å². The fourth-order valence-corrected chi connectivity index (χ4v) is 1.16. The number of nitrogens with two attached hydrogens (primary N) is 1. The van der Waals surface area contributed by atoms with Crippen LogP contribution in [0, 0.1) is 0 Å². The molecule has 3 N–H and O–H groups in total. The minimum Gasteiger partial charge on any atom is -0.316 e. The summed E-state index contributed by atoms with van der Waals surface area (Å²) in [6, 6.07) is 0. The molecule has 0 amide bonds. The monoisotopic (exact) mass is 172 g/mol. The van der Waals surface area contributed by atoms with E-state index in [1.165, 1.54) is 32.1 Å². The molecule has 0 aromatic heterocycles. The first-order chi connectivity index (χ1) is 5.81. The topological polar surface area (TPSA) is 38.0 Å². The molecule has 0 aliphatic carbocycles. The van der Waals surface area contributed by atoms with Gasteiger partial charge in [-0.15, -0.1) is 0 Å². The summed E-state index contributed by atoms with van der Waals surface area (Å²) < 4.78 is 0. The van der Waals surface area contributed by atoms with Gasteiger partial charge in [-0.2, -0.15) is 0 Å². The van der Waals surface area contributed by atoms with Crippen LogP contribution in [0.4, 0.5) is 0 Å². The van der Waals surface area contributed by atoms with E-state index in [-0.39, 0.29) is 6.17 Å². The van der Waals surface area contributed by atoms with Gasteiger partial charge in [-0.25, -0.2) is 0 Å². The normalized spacial score (nSPS) is 13.2. The van der Waals surface area contributed by atoms with Crippen molar-refractivity contribution in [1.82, 2.24) is 5.32 Å². The van der Waals surface area contributed by atoms with Gasteiger partial charge in [0.25, 0.3) is 0 Å². The van der Waals surface area contributed by atoms with Crippen molar-refractivity contribution >= 4 is 0 Å². The first-order valence-electron chi connectivity index (χ1n) is 5.30. The largest absolute Gasteiger partial charge is 0.316 e. The molecule has 0 aromatic carbocycles. The molecule has 0 saturated carbocycles. The standard InChI is InChI=1S/C10H24N2/c1-3-5-6-7-8-9-12-10(11)4-2/h10,12H,3-9,11H2,1-2H3. The van der Waals surface area contributed by atoms with Gasteiger partial charge >= 0.3 is 0 Å². The van der Waals surface area contributed by atoms with Crippen molar-refractivity contribution in [2.45, 2.75) is 58.5 Å². The zero-order chi connectivity index (χ0) is 9.23. The molecule has 74 valence electrons. The average molecular weight is 172 g/mol. The summed E-state index contributed by atoms with van der Waals surface area (Å²) >= 11 is 0. The maximum Gasteiger partial charge on any atom is 0.0543 e. The van der Waals surface area contributed by atoms with Crippen LogP contribution in [0.3, 0.4) is 0 Å². The van der Waals surface area contributed by atoms with Crippen LogP contribution in [-0.2, 0) is 0 Å². The van der Waals surface area contributed by atoms with Crippen LogP contribution in [0.25, 0.3) is 0 Å². The van der Waals surface area contributed by atoms with E-state index in [0.29, 0.717) is 0 Å². The van der Waals surface area contributed by atoms with E-state index >= 15 is 0 Å². The summed E-state index contributed by atoms with van der Waals surface area (Å²) in [7, 11) is 0. The number of unbranched alkanes of at least 4 members (excludes halogenated alkanes) is 4. The third kappa shape index (κ3) is 8.02. The van der Waals surface area contributed by atoms with Gasteiger partial charge in [0, 0.05) is 0 Å². The summed E-state index contributed by atoms with van der Waals surface area (Å²) in [4.78, 5) is 0. The average Bonchev–Trinajstić information content (AvgIpc) is 2.10. The first-order valence-corrected chi connectivity index (χ1v) is 5.30. The second-order valence-corrected chi connectivity index (χ2v) is 3.38. The minimum absolute atomic E-state index is 0.205. The molecule has 0 spiro atoms. The smallest absolute Gasteiger partial charge is 0.0543 e. The van der Waals surface area contributed by atoms with Crippen molar-refractivity contribution in [2.24, 2.45) is 5.73 Å². The summed E-state index contributed by atoms with van der Waals surface area (Å²) in [5, 5.41) is 3.29. The van der Waals surface area contributed by atoms with Crippen molar-refractivity contribution in [3.63, 3.8) is 0 Å². The third-order valence-electron chi connectivity index (χ3n) is 2.13. The highest BCUT2D eigenvalue weighted by atomic mass is 15.0. The van der Waals surface area contributed by atoms with Crippen LogP contribution in [-0.4, -0.2) is 12.7 Å². The molecule has 0 rings (SSSR count). The van der Waals surface area contributed by atoms with Gasteiger partial charge in [0.2, 0.25) is 0 Å². The highest BCUT2D eigenvalue weighted by Gasteiger charge is 1.95. The molecule has 1 unspecified atom stereocenters. The second kappa shape index (κ2) is 9.01. The highest BCUT2D eigenvalue weighted by molar-refractivity contribution is 4.55. The minimum atomic E-state index is 0.205. The SMILES string of the molecule is CCCCCCCNC(N)CC. The van der Waals surface area contributed by atoms with E-state index in [2.05, 4.69) is 19.2 Å². The quantitative estimate of drug-likeness (QED) is 0.435. The maximum absolute atomic E-state index is 5.70. The van der Waals surface area contributed by atoms with Crippen LogP contribution in [0.1, 0.15) is 52.4 Å². The van der Waals surface area contributed by atoms with Gasteiger partial charge in [-0.3, -0.25) is 0 Å². The van der Waals surface area contributed by atoms with Crippen molar-refractivity contribution < 1.29 is 0 Å². The Morgan fingerprint density at radius 3 is 2.33 bits per heavy atom. The Bertz CT molecular complexity index is 83.9. The molecule has 0 aliphatic heterocycles. The number of hydrogen-bond donors (Lipinski definition) is 2. The van der Waals surface area contributed by atoms with Crippen molar-refractivity contribution in [2.75, 3.05) is 6.54 Å². The van der Waals surface area contributed by atoms with Crippen molar-refractivity contribution in [3.8, 4) is 0 Å². The third-order valence-corrected chi connectivity index (χ3v) is 2.13. The molecule has 12 heavy (non-hydrogen) atoms. The Balaban J connectivity index is 2.90. The fourth-order valence-electron chi connectivity index (χ4n) is 1.16. The predicted molar refractivity (Wildman–Crippen MR) is 55.0 cm³/mol. The Hall–Kier alpha value is -0.0800. The molecule has 0 heterocycles. The van der Waals surface area contributed by atoms with Crippen LogP contribution in [0.5, 0.6) is 0 Å². The molecule has 0 aromatic rings. The number of hydrogen-bond acceptors (Lipinski definition) is 2. The van der Waals surface area contributed by atoms with Gasteiger partial charge in [0.1, 0.15) is 0 Å². The maximum atomic E-state index is 5.70. The van der Waals surface area contributed by atoms with E-state index in [0.717, 1.165) is 13.0 Å². The predicted octanol–water partition coefficient (Wildman–Crippen LogP) is 2.24. The van der Waals surface area contributed by atoms with Gasteiger partial charge in [0.15, 0.2) is 0 Å². The lowest BCUT2D eigenvalue weighted by Gasteiger charge is -2.10. The van der Waals surface area contributed by atoms with E-state index < -0.39 is 0 Å². The van der Waals surface area contributed by atoms with E-state index in [1.54, 1.807) is 0 Å². The lowest BCUT2D eigenvalue weighted by Crippen LogP contribution is -2.37. The van der Waals surface area contributed by atoms with E-state index in [4.69, 9.17) is 5.73 Å². The van der Waals surface area contributed by atoms with Gasteiger partial charge < -0.3 is 11.1 Å². The van der Waals surface area contributed by atoms with Crippen molar-refractivity contribution in [3.05, 3.63) is 0 Å². The Morgan fingerprint density at radius 1 is 1.08 bits per heavy atom. The second-order valence-electron chi connectivity index (χ2n) is 3.38. The number of nitrogens with one attached hydrogen (secondary N) is 1. The molecule has 0 aliphatic rings. The zero-order valence-electron chi connectivity index (χ0n) is 8.60. The van der Waals surface area contributed by atoms with Crippen LogP contribution >= 0.6 is 0 Å². The lowest BCUT2D eigenvalue weighted by molar-refractivity contribution is 0.491. The molecular weight excluding hydrogens is 148 g/mol. The summed E-state index contributed by atoms with van der Waals surface area (Å²) in [6.45, 7) is 5.43. The van der Waals surface area contributed by atoms with Gasteiger partial charge in [0.05, 0.1) is 6.17 Å². The number of rotatable bonds is 8. The molecular formula is C10H24N2. The van der Waals surface area contributed by atoms with Gasteiger partial charge in [-0.05, 0) is 19.4 Å². The van der Waals surface area contributed by atoms with Crippen LogP contribution < -0.4 is 11.1 Å². The molecule has 0 fully saturated rings. The molecule has 2 heteroatoms. The van der Waals surface area contributed by atoms with Crippen LogP contribution in [0.2, 0.25) is 0 Å². The Morgan fingerprint density at radius 2 is 1.75 bits per heavy atom. The van der Waals surface area contributed by atoms with Crippen molar-refractivity contribution in [1.29, 1.82) is 0 Å². The zero-order valence-corrected chi connectivity index (χ0v) is 8.60. The summed E-state index contributed by atoms with van der Waals surface area (Å²) in [6.07, 6.45) is 7.91. The molecule has 0 bridgehead atoms. The van der Waals surface area contributed by atoms with E-state index in [1.807, 2.05) is 0 Å². The Kier molecular flexibility index (Phi) is 8.95. The molecule has 0 saturated heterocycles. The van der Waals surface area contributed by atoms with E-state index in [9.17, 15) is 0 Å². The van der Waals surface area contributed by atoms with Crippen LogP contribution in [0.15, 0.2) is 0 Å². The summed E-state index contributed by atoms with van der Waals surface area (Å²) in [5.74, 6) is 0. The first kappa shape index (κ1) is 11.9. The fraction of sp³-hybridized carbons (Fsp3) is 1.00. The Labute approximate surface area is 76.9 Å².